The molecular weight excluding hydrogens is 246 g/mol. The fraction of sp³-hybridized carbons (Fsp3) is 0.500. The molecule has 0 heterocycles. The van der Waals surface area contributed by atoms with E-state index in [0.717, 1.165) is 12.2 Å². The summed E-state index contributed by atoms with van der Waals surface area (Å²) in [5.41, 5.74) is 0.699. The van der Waals surface area contributed by atoms with Gasteiger partial charge in [-0.25, -0.2) is 4.79 Å². The first-order valence-electron chi connectivity index (χ1n) is 6.31. The van der Waals surface area contributed by atoms with Crippen LogP contribution in [0.25, 0.3) is 0 Å². The van der Waals surface area contributed by atoms with E-state index in [2.05, 4.69) is 5.32 Å². The summed E-state index contributed by atoms with van der Waals surface area (Å²) in [5, 5.41) is 12.0. The number of carboxylic acids is 1. The maximum Gasteiger partial charge on any atom is 0.328 e. The molecule has 1 aromatic rings. The van der Waals surface area contributed by atoms with Crippen LogP contribution < -0.4 is 10.1 Å². The Morgan fingerprint density at radius 3 is 2.79 bits per heavy atom. The molecule has 0 aliphatic carbocycles. The van der Waals surface area contributed by atoms with Gasteiger partial charge in [0.1, 0.15) is 11.8 Å². The van der Waals surface area contributed by atoms with Crippen molar-refractivity contribution < 1.29 is 19.4 Å². The van der Waals surface area contributed by atoms with Crippen LogP contribution in [-0.2, 0) is 9.53 Å². The van der Waals surface area contributed by atoms with E-state index >= 15 is 0 Å². The van der Waals surface area contributed by atoms with Crippen molar-refractivity contribution in [3.05, 3.63) is 24.3 Å². The number of anilines is 1. The Morgan fingerprint density at radius 1 is 1.47 bits per heavy atom. The molecule has 0 bridgehead atoms. The number of hydrogen-bond donors (Lipinski definition) is 2. The minimum Gasteiger partial charge on any atom is -0.491 e. The van der Waals surface area contributed by atoms with Gasteiger partial charge >= 0.3 is 5.97 Å². The number of hydrogen-bond acceptors (Lipinski definition) is 4. The number of carbonyl (C=O) groups is 1. The Balaban J connectivity index is 2.72. The predicted molar refractivity (Wildman–Crippen MR) is 73.7 cm³/mol. The van der Waals surface area contributed by atoms with Crippen LogP contribution in [0.3, 0.4) is 0 Å². The fourth-order valence-electron chi connectivity index (χ4n) is 1.52. The monoisotopic (exact) mass is 267 g/mol. The number of nitrogens with one attached hydrogen (secondary N) is 1. The molecule has 1 rings (SSSR count). The zero-order valence-electron chi connectivity index (χ0n) is 11.6. The Labute approximate surface area is 113 Å². The number of benzene rings is 1. The summed E-state index contributed by atoms with van der Waals surface area (Å²) in [6, 6.07) is 6.49. The van der Waals surface area contributed by atoms with Gasteiger partial charge in [-0.05, 0) is 25.5 Å². The van der Waals surface area contributed by atoms with Gasteiger partial charge < -0.3 is 19.9 Å². The predicted octanol–water partition coefficient (Wildman–Crippen LogP) is 2.38. The van der Waals surface area contributed by atoms with Gasteiger partial charge in [0.05, 0.1) is 12.7 Å². The molecular formula is C14H21NO4. The molecule has 0 radical (unpaired) electrons. The number of rotatable bonds is 8. The van der Waals surface area contributed by atoms with Crippen LogP contribution in [0.2, 0.25) is 0 Å². The lowest BCUT2D eigenvalue weighted by Gasteiger charge is -2.17. The van der Waals surface area contributed by atoms with E-state index in [9.17, 15) is 4.79 Å². The third-order valence-electron chi connectivity index (χ3n) is 2.72. The summed E-state index contributed by atoms with van der Waals surface area (Å²) >= 11 is 0. The topological polar surface area (TPSA) is 67.8 Å². The number of ether oxygens (including phenoxy) is 2. The Bertz CT molecular complexity index is 408. The highest BCUT2D eigenvalue weighted by Crippen LogP contribution is 2.20. The molecule has 5 heteroatoms. The Morgan fingerprint density at radius 2 is 2.21 bits per heavy atom. The highest BCUT2D eigenvalue weighted by Gasteiger charge is 2.16. The molecule has 0 aliphatic rings. The quantitative estimate of drug-likeness (QED) is 0.757. The van der Waals surface area contributed by atoms with Gasteiger partial charge in [-0.2, -0.15) is 0 Å². The molecule has 0 amide bonds. The van der Waals surface area contributed by atoms with Gasteiger partial charge in [0, 0.05) is 18.9 Å². The normalized spacial score (nSPS) is 13.6. The summed E-state index contributed by atoms with van der Waals surface area (Å²) in [6.45, 7) is 4.14. The molecule has 106 valence electrons. The minimum absolute atomic E-state index is 0.103. The van der Waals surface area contributed by atoms with Crippen molar-refractivity contribution in [1.29, 1.82) is 0 Å². The summed E-state index contributed by atoms with van der Waals surface area (Å²) in [6.07, 6.45) is 1.04. The third kappa shape index (κ3) is 5.18. The standard InChI is InChI=1S/C14H21NO4/c1-4-10(2)19-12-7-5-6-11(8-12)15-13(9-18-3)14(16)17/h5-8,10,13,15H,4,9H2,1-3H3,(H,16,17). The maximum atomic E-state index is 11.0. The van der Waals surface area contributed by atoms with Crippen molar-refractivity contribution >= 4 is 11.7 Å². The minimum atomic E-state index is -0.949. The lowest BCUT2D eigenvalue weighted by atomic mass is 10.2. The molecule has 0 aliphatic heterocycles. The van der Waals surface area contributed by atoms with Crippen LogP contribution in [-0.4, -0.2) is 36.9 Å². The van der Waals surface area contributed by atoms with E-state index in [1.165, 1.54) is 7.11 Å². The average Bonchev–Trinajstić information content (AvgIpc) is 2.38. The number of methoxy groups -OCH3 is 1. The summed E-state index contributed by atoms with van der Waals surface area (Å²) in [4.78, 5) is 11.0. The van der Waals surface area contributed by atoms with Gasteiger partial charge in [0.2, 0.25) is 0 Å². The zero-order chi connectivity index (χ0) is 14.3. The first-order valence-corrected chi connectivity index (χ1v) is 6.31. The van der Waals surface area contributed by atoms with Crippen molar-refractivity contribution in [1.82, 2.24) is 0 Å². The number of carboxylic acid groups (broad SMARTS) is 1. The smallest absolute Gasteiger partial charge is 0.328 e. The average molecular weight is 267 g/mol. The van der Waals surface area contributed by atoms with Crippen LogP contribution in [0, 0.1) is 0 Å². The van der Waals surface area contributed by atoms with Crippen molar-refractivity contribution in [2.24, 2.45) is 0 Å². The first kappa shape index (κ1) is 15.3. The molecule has 2 unspecified atom stereocenters. The van der Waals surface area contributed by atoms with Crippen molar-refractivity contribution in [2.75, 3.05) is 19.0 Å². The van der Waals surface area contributed by atoms with Crippen LogP contribution in [0.4, 0.5) is 5.69 Å². The lowest BCUT2D eigenvalue weighted by molar-refractivity contribution is -0.139. The van der Waals surface area contributed by atoms with Crippen molar-refractivity contribution in [3.63, 3.8) is 0 Å². The van der Waals surface area contributed by atoms with E-state index in [4.69, 9.17) is 14.6 Å². The maximum absolute atomic E-state index is 11.0. The van der Waals surface area contributed by atoms with E-state index < -0.39 is 12.0 Å². The second-order valence-electron chi connectivity index (χ2n) is 4.36. The molecule has 0 saturated carbocycles. The largest absolute Gasteiger partial charge is 0.491 e. The van der Waals surface area contributed by atoms with Crippen LogP contribution >= 0.6 is 0 Å². The molecule has 0 spiro atoms. The fourth-order valence-corrected chi connectivity index (χ4v) is 1.52. The molecule has 0 saturated heterocycles. The molecule has 0 aromatic heterocycles. The summed E-state index contributed by atoms with van der Waals surface area (Å²) in [5.74, 6) is -0.226. The van der Waals surface area contributed by atoms with Crippen LogP contribution in [0.1, 0.15) is 20.3 Å². The van der Waals surface area contributed by atoms with E-state index in [1.54, 1.807) is 12.1 Å². The molecule has 19 heavy (non-hydrogen) atoms. The van der Waals surface area contributed by atoms with Crippen molar-refractivity contribution in [3.8, 4) is 5.75 Å². The Kier molecular flexibility index (Phi) is 6.15. The highest BCUT2D eigenvalue weighted by molar-refractivity contribution is 5.77. The molecule has 2 atom stereocenters. The van der Waals surface area contributed by atoms with Crippen LogP contribution in [0.15, 0.2) is 24.3 Å². The highest BCUT2D eigenvalue weighted by atomic mass is 16.5. The third-order valence-corrected chi connectivity index (χ3v) is 2.72. The second-order valence-corrected chi connectivity index (χ2v) is 4.36. The van der Waals surface area contributed by atoms with E-state index in [-0.39, 0.29) is 12.7 Å². The number of aliphatic carboxylic acids is 1. The van der Waals surface area contributed by atoms with Gasteiger partial charge in [0.25, 0.3) is 0 Å². The second kappa shape index (κ2) is 7.63. The zero-order valence-corrected chi connectivity index (χ0v) is 11.6. The van der Waals surface area contributed by atoms with Gasteiger partial charge in [-0.3, -0.25) is 0 Å². The lowest BCUT2D eigenvalue weighted by Crippen LogP contribution is -2.33. The molecule has 1 aromatic carbocycles. The summed E-state index contributed by atoms with van der Waals surface area (Å²) in [7, 11) is 1.47. The Hall–Kier alpha value is -1.75. The van der Waals surface area contributed by atoms with Gasteiger partial charge in [-0.1, -0.05) is 13.0 Å². The molecule has 2 N–H and O–H groups in total. The van der Waals surface area contributed by atoms with E-state index in [1.807, 2.05) is 26.0 Å². The SMILES string of the molecule is CCC(C)Oc1cccc(NC(COC)C(=O)O)c1. The molecule has 5 nitrogen and oxygen atoms in total. The van der Waals surface area contributed by atoms with E-state index in [0.29, 0.717) is 5.69 Å². The van der Waals surface area contributed by atoms with Gasteiger partial charge in [0.15, 0.2) is 0 Å². The molecule has 0 fully saturated rings. The summed E-state index contributed by atoms with van der Waals surface area (Å²) < 4.78 is 10.6. The van der Waals surface area contributed by atoms with Gasteiger partial charge in [-0.15, -0.1) is 0 Å². The first-order chi connectivity index (χ1) is 9.06. The van der Waals surface area contributed by atoms with Crippen LogP contribution in [0.5, 0.6) is 5.75 Å². The van der Waals surface area contributed by atoms with Crippen molar-refractivity contribution in [2.45, 2.75) is 32.4 Å².